The summed E-state index contributed by atoms with van der Waals surface area (Å²) in [5.74, 6) is 3.58. The Hall–Kier alpha value is -19.2. The summed E-state index contributed by atoms with van der Waals surface area (Å²) in [6.45, 7) is 18.9. The van der Waals surface area contributed by atoms with E-state index in [0.29, 0.717) is 45.9 Å². The Kier molecular flexibility index (Phi) is 22.6. The number of ether oxygens (including phenoxy) is 1. The molecule has 19 aromatic carbocycles. The molecule has 29 rings (SSSR count). The van der Waals surface area contributed by atoms with Crippen molar-refractivity contribution in [3.05, 3.63) is 509 Å². The van der Waals surface area contributed by atoms with Crippen molar-refractivity contribution < 1.29 is 24.8 Å². The van der Waals surface area contributed by atoms with Gasteiger partial charge in [0.15, 0.2) is 29.0 Å². The minimum absolute atomic E-state index is 0. The molecule has 1 aliphatic heterocycles. The maximum Gasteiger partial charge on any atom is 0.225 e. The molecule has 1 aliphatic rings. The van der Waals surface area contributed by atoms with Gasteiger partial charge in [0.25, 0.3) is 0 Å². The van der Waals surface area contributed by atoms with Crippen LogP contribution in [0.2, 0.25) is 0 Å². The molecule has 10 heterocycles. The topological polar surface area (TPSA) is 131 Å². The van der Waals surface area contributed by atoms with Crippen LogP contribution in [0.4, 0.5) is 28.4 Å². The minimum atomic E-state index is 0. The van der Waals surface area contributed by atoms with Gasteiger partial charge in [0.1, 0.15) is 0 Å². The summed E-state index contributed by atoms with van der Waals surface area (Å²) in [5, 5.41) is 17.8. The average Bonchev–Trinajstić information content (AvgIpc) is 1.54. The van der Waals surface area contributed by atoms with Crippen LogP contribution in [-0.2, 0) is 20.1 Å². The molecule has 0 amide bonds. The summed E-state index contributed by atoms with van der Waals surface area (Å²) >= 11 is 0. The van der Waals surface area contributed by atoms with Gasteiger partial charge in [0.2, 0.25) is 11.4 Å². The van der Waals surface area contributed by atoms with Crippen LogP contribution in [-0.4, -0.2) is 53.2 Å². The Morgan fingerprint density at radius 3 is 0.832 bits per heavy atom. The number of pyridine rings is 4. The van der Waals surface area contributed by atoms with Gasteiger partial charge < -0.3 is 37.9 Å². The second kappa shape index (κ2) is 37.4. The fourth-order valence-corrected chi connectivity index (χ4v) is 20.2. The van der Waals surface area contributed by atoms with Crippen LogP contribution in [0.25, 0.3) is 219 Å². The molecule has 15 nitrogen and oxygen atoms in total. The van der Waals surface area contributed by atoms with E-state index < -0.39 is 0 Å². The zero-order valence-corrected chi connectivity index (χ0v) is 78.9. The Morgan fingerprint density at radius 1 is 0.231 bits per heavy atom. The quantitative estimate of drug-likeness (QED) is 0.108. The van der Waals surface area contributed by atoms with E-state index in [9.17, 15) is 13.1 Å². The third kappa shape index (κ3) is 15.3. The Balaban J connectivity index is 0.000000113. The Morgan fingerprint density at radius 2 is 0.497 bits per heavy atom. The summed E-state index contributed by atoms with van der Waals surface area (Å²) in [5.41, 5.74) is 21.0. The normalized spacial score (nSPS) is 11.5. The van der Waals surface area contributed by atoms with Crippen molar-refractivity contribution in [3.63, 3.8) is 0 Å². The van der Waals surface area contributed by atoms with Crippen molar-refractivity contribution in [2.24, 2.45) is 0 Å². The summed E-state index contributed by atoms with van der Waals surface area (Å²) in [6.07, 6.45) is 7.25. The fourth-order valence-electron chi connectivity index (χ4n) is 20.2. The Bertz CT molecular complexity index is 9040. The van der Waals surface area contributed by atoms with Gasteiger partial charge >= 0.3 is 0 Å². The van der Waals surface area contributed by atoms with Gasteiger partial charge in [0.05, 0.1) is 102 Å². The smallest absolute Gasteiger partial charge is 0.225 e. The van der Waals surface area contributed by atoms with Crippen molar-refractivity contribution in [2.75, 3.05) is 4.90 Å². The predicted molar refractivity (Wildman–Crippen MR) is 580 cm³/mol. The first-order valence-electron chi connectivity index (χ1n) is 46.9. The number of aromatic nitrogens is 11. The second-order valence-electron chi connectivity index (χ2n) is 34.5. The number of nitrogens with zero attached hydrogens (tertiary/aromatic N) is 14. The van der Waals surface area contributed by atoms with Crippen molar-refractivity contribution in [3.8, 4) is 68.4 Å². The van der Waals surface area contributed by atoms with E-state index >= 15 is 0 Å². The maximum absolute atomic E-state index is 9.47. The van der Waals surface area contributed by atoms with Crippen LogP contribution in [0.5, 0.6) is 11.5 Å². The number of para-hydroxylation sites is 12. The molecule has 0 saturated carbocycles. The number of anilines is 3. The van der Waals surface area contributed by atoms with Crippen molar-refractivity contribution in [1.29, 1.82) is 0 Å². The zero-order chi connectivity index (χ0) is 94.5. The summed E-state index contributed by atoms with van der Waals surface area (Å²) in [4.78, 5) is 43.5. The number of rotatable bonds is 8. The molecule has 1 radical (unpaired) electrons. The van der Waals surface area contributed by atoms with E-state index in [-0.39, 0.29) is 20.1 Å². The van der Waals surface area contributed by atoms with E-state index in [1.54, 1.807) is 12.4 Å². The maximum atomic E-state index is 9.47. The van der Waals surface area contributed by atoms with E-state index in [2.05, 4.69) is 356 Å². The standard InChI is InChI=1S/C56H32N6.C33H22N4O.2C13H8N.C12H8N2.Ir/c1-57-51-53(59-43-27-11-3-19-35(43)36-20-4-12-28-44(36)59)52(58-2)55(61-47-31-15-7-23-39(47)40-24-8-16-32-48(40)61)56(62-49-33-17-9-25-41(49)42-26-10-18-34-50(42)62)54(51)60-45-29-13-5-21-37(45)38-22-6-14-30-46(38)60;1-3-11-23(12-4-1)31-34-32(24-13-5-2-6-14-24)36-33(35-31)25-19-21-26(22-20-25)37-27-15-7-9-17-29(27)38-30-18-10-8-16-28(30)37;2*1-2-6-12-10(4-1)7-8-11-5-3-9-14-13(11)12;1-3-9-5-6-10-4-2-8-14-12(10)11(9)13-7-1;/h3-34H;1-22H;2*1-5,7-9H;1-8H;/q;;2*-1;;. The first-order chi connectivity index (χ1) is 70.4. The zero-order valence-electron chi connectivity index (χ0n) is 76.5. The molecule has 28 aromatic rings. The molecule has 0 unspecified atom stereocenters. The number of fused-ring (bicyclic) bond motifs is 23. The monoisotopic (exact) mass is 2010 g/mol. The van der Waals surface area contributed by atoms with E-state index in [0.717, 1.165) is 182 Å². The number of benzene rings is 19. The van der Waals surface area contributed by atoms with Crippen molar-refractivity contribution in [1.82, 2.24) is 53.2 Å². The SMILES string of the molecule is [C-]#[N+]c1c(-n2c3ccccc3c3ccccc32)c([N+]#[C-])c(-n2c3ccccc3c3ccccc32)c(-n2c3ccccc3c3ccccc32)c1-n1c2ccccc2c2ccccc21.[Ir].[c-]1cccc2ccc3cccnc3c12.[c-]1cccc2ccc3cccnc3c12.c1ccc(-c2nc(-c3ccccc3)nc(-c3ccc(N4c5ccccc5Oc5ccccc54)cc3)n2)cc1.c1cnc2c(c1)ccc1cccnc12. The van der Waals surface area contributed by atoms with Gasteiger partial charge in [0, 0.05) is 121 Å². The van der Waals surface area contributed by atoms with Crippen LogP contribution in [0.15, 0.2) is 474 Å². The molecule has 0 saturated heterocycles. The predicted octanol–water partition coefficient (Wildman–Crippen LogP) is 32.8. The van der Waals surface area contributed by atoms with E-state index in [1.807, 2.05) is 170 Å². The van der Waals surface area contributed by atoms with Crippen molar-refractivity contribution >= 4 is 181 Å². The largest absolute Gasteiger partial charge is 0.453 e. The van der Waals surface area contributed by atoms with Gasteiger partial charge in [-0.15, -0.1) is 70.1 Å². The second-order valence-corrected chi connectivity index (χ2v) is 34.5. The van der Waals surface area contributed by atoms with Gasteiger partial charge in [-0.2, -0.15) is 0 Å². The molecule has 0 aliphatic carbocycles. The summed E-state index contributed by atoms with van der Waals surface area (Å²) < 4.78 is 15.2. The summed E-state index contributed by atoms with van der Waals surface area (Å²) in [6, 6.07) is 159. The molecule has 0 spiro atoms. The molecule has 0 fully saturated rings. The van der Waals surface area contributed by atoms with Crippen LogP contribution >= 0.6 is 0 Å². The molecule has 9 aromatic heterocycles. The average molecular weight is 2010 g/mol. The molecule has 0 N–H and O–H groups in total. The van der Waals surface area contributed by atoms with Gasteiger partial charge in [-0.1, -0.05) is 291 Å². The number of hydrogen-bond donors (Lipinski definition) is 0. The van der Waals surface area contributed by atoms with Gasteiger partial charge in [-0.05, 0) is 143 Å². The van der Waals surface area contributed by atoms with Gasteiger partial charge in [-0.3, -0.25) is 9.97 Å². The number of hydrogen-bond acceptors (Lipinski definition) is 9. The first-order valence-corrected chi connectivity index (χ1v) is 46.9. The van der Waals surface area contributed by atoms with E-state index in [4.69, 9.17) is 19.7 Å². The minimum Gasteiger partial charge on any atom is -0.453 e. The molecule has 673 valence electrons. The van der Waals surface area contributed by atoms with E-state index in [1.165, 1.54) is 21.5 Å². The Labute approximate surface area is 834 Å². The van der Waals surface area contributed by atoms with Crippen LogP contribution in [0, 0.1) is 25.3 Å². The van der Waals surface area contributed by atoms with Crippen LogP contribution < -0.4 is 9.64 Å². The molecule has 0 bridgehead atoms. The van der Waals surface area contributed by atoms with Crippen LogP contribution in [0.1, 0.15) is 0 Å². The fraction of sp³-hybridized carbons (Fsp3) is 0. The van der Waals surface area contributed by atoms with Gasteiger partial charge in [-0.25, -0.2) is 24.6 Å². The first kappa shape index (κ1) is 86.6. The van der Waals surface area contributed by atoms with Crippen LogP contribution in [0.3, 0.4) is 0 Å². The third-order valence-corrected chi connectivity index (χ3v) is 26.5. The molecular weight excluding hydrogens is 1930 g/mol. The summed E-state index contributed by atoms with van der Waals surface area (Å²) in [7, 11) is 0. The third-order valence-electron chi connectivity index (χ3n) is 26.5. The molecule has 143 heavy (non-hydrogen) atoms. The molecule has 16 heteroatoms. The molecule has 0 atom stereocenters. The molecular formula is C127H78IrN14O-2. The van der Waals surface area contributed by atoms with Crippen molar-refractivity contribution in [2.45, 2.75) is 0 Å².